The molecular weight excluding hydrogens is 630 g/mol. The van der Waals surface area contributed by atoms with Crippen LogP contribution in [0.1, 0.15) is 13.0 Å². The lowest BCUT2D eigenvalue weighted by Gasteiger charge is -2.34. The Morgan fingerprint density at radius 2 is 1.61 bits per heavy atom. The van der Waals surface area contributed by atoms with Gasteiger partial charge in [-0.25, -0.2) is 18.1 Å². The van der Waals surface area contributed by atoms with Crippen molar-refractivity contribution in [1.82, 2.24) is 30.0 Å². The van der Waals surface area contributed by atoms with Gasteiger partial charge in [-0.05, 0) is 36.0 Å². The highest BCUT2D eigenvalue weighted by Crippen LogP contribution is 2.36. The van der Waals surface area contributed by atoms with E-state index in [4.69, 9.17) is 4.74 Å². The van der Waals surface area contributed by atoms with Crippen molar-refractivity contribution in [2.75, 3.05) is 13.2 Å². The largest absolute Gasteiger partial charge is 0.507 e. The summed E-state index contributed by atoms with van der Waals surface area (Å²) in [7, 11) is 0. The molecule has 0 fully saturated rings. The Labute approximate surface area is 264 Å². The molecule has 4 aromatic rings. The van der Waals surface area contributed by atoms with Crippen molar-refractivity contribution < 1.29 is 49.0 Å². The van der Waals surface area contributed by atoms with Crippen molar-refractivity contribution >= 4 is 22.6 Å². The van der Waals surface area contributed by atoms with Crippen LogP contribution in [0, 0.1) is 17.6 Å². The predicted molar refractivity (Wildman–Crippen MR) is 158 cm³/mol. The summed E-state index contributed by atoms with van der Waals surface area (Å²) < 4.78 is 35.1. The first-order valence-electron chi connectivity index (χ1n) is 13.9. The summed E-state index contributed by atoms with van der Waals surface area (Å²) in [6.07, 6.45) is -3.97. The van der Waals surface area contributed by atoms with Gasteiger partial charge in [0.1, 0.15) is 53.1 Å². The van der Waals surface area contributed by atoms with E-state index in [1.165, 1.54) is 55.7 Å². The molecule has 6 N–H and O–H groups in total. The number of thioether (sulfide) groups is 1. The highest BCUT2D eigenvalue weighted by Gasteiger charge is 2.43. The molecule has 0 saturated carbocycles. The number of nitrogens with zero attached hydrogens (tertiary/aromatic N) is 6. The maximum Gasteiger partial charge on any atom is 0.222 e. The van der Waals surface area contributed by atoms with E-state index in [1.54, 1.807) is 12.1 Å². The fourth-order valence-corrected chi connectivity index (χ4v) is 5.76. The van der Waals surface area contributed by atoms with Crippen LogP contribution in [0.5, 0.6) is 0 Å². The standard InChI is InChI=1S/C29H30F2N6O8S/c1-14(12-38)24(40)22(36-10-19(32-34-36)15-4-2-6-17(30)8-15)26(42)28(44)46-29-27(43)23(25(41)21(13-39)45-29)37-11-20(33-35-37)16-5-3-7-18(31)9-16/h2-11,14,21-22,24-26,29,38-43H,12-13H2,1H3/t14-,21?,22?,24?,25+,26-,29+/m1/s1. The van der Waals surface area contributed by atoms with Crippen molar-refractivity contribution in [2.45, 2.75) is 42.8 Å². The van der Waals surface area contributed by atoms with Gasteiger partial charge in [-0.2, -0.15) is 0 Å². The molecule has 3 unspecified atom stereocenters. The van der Waals surface area contributed by atoms with E-state index < -0.39 is 77.5 Å². The molecule has 0 spiro atoms. The highest BCUT2D eigenvalue weighted by molar-refractivity contribution is 8.14. The number of benzene rings is 2. The third-order valence-electron chi connectivity index (χ3n) is 7.40. The van der Waals surface area contributed by atoms with Gasteiger partial charge in [0.2, 0.25) is 5.12 Å². The molecule has 7 atom stereocenters. The summed E-state index contributed by atoms with van der Waals surface area (Å²) in [5.41, 5.74) is -0.814. The predicted octanol–water partition coefficient (Wildman–Crippen LogP) is 1.14. The zero-order valence-corrected chi connectivity index (χ0v) is 24.9. The second-order valence-electron chi connectivity index (χ2n) is 10.6. The lowest BCUT2D eigenvalue weighted by atomic mass is 9.95. The Hall–Kier alpha value is -4.10. The quantitative estimate of drug-likeness (QED) is 0.134. The van der Waals surface area contributed by atoms with E-state index in [0.29, 0.717) is 11.1 Å². The average molecular weight is 661 g/mol. The molecule has 2 aromatic heterocycles. The monoisotopic (exact) mass is 660 g/mol. The van der Waals surface area contributed by atoms with Gasteiger partial charge in [0, 0.05) is 23.7 Å². The van der Waals surface area contributed by atoms with Gasteiger partial charge in [-0.3, -0.25) is 4.79 Å². The number of hydrogen-bond acceptors (Lipinski definition) is 13. The summed E-state index contributed by atoms with van der Waals surface area (Å²) in [6, 6.07) is 9.42. The zero-order chi connectivity index (χ0) is 33.1. The van der Waals surface area contributed by atoms with E-state index in [9.17, 15) is 44.2 Å². The molecule has 46 heavy (non-hydrogen) atoms. The Bertz CT molecular complexity index is 1720. The molecule has 0 radical (unpaired) electrons. The Morgan fingerprint density at radius 3 is 2.20 bits per heavy atom. The number of aliphatic hydroxyl groups is 6. The van der Waals surface area contributed by atoms with Gasteiger partial charge in [0.25, 0.3) is 0 Å². The second kappa shape index (κ2) is 14.1. The second-order valence-corrected chi connectivity index (χ2v) is 11.6. The lowest BCUT2D eigenvalue weighted by Crippen LogP contribution is -2.45. The maximum atomic E-state index is 13.8. The number of hydrogen-bond donors (Lipinski definition) is 6. The SMILES string of the molecule is C[C@H](CO)C(O)C([C@@H](O)C(=O)S[C@@H]1OC(CO)[C@H](O)C(n2cc(-c3cccc(F)c3)nn2)=C1O)n1cc(-c2cccc(F)c2)nn1. The first-order valence-corrected chi connectivity index (χ1v) is 14.8. The molecule has 0 bridgehead atoms. The van der Waals surface area contributed by atoms with Crippen molar-refractivity contribution in [3.63, 3.8) is 0 Å². The number of aliphatic hydroxyl groups excluding tert-OH is 6. The first kappa shape index (κ1) is 33.3. The normalized spacial score (nSPS) is 21.2. The number of halogens is 2. The maximum absolute atomic E-state index is 13.8. The van der Waals surface area contributed by atoms with Gasteiger partial charge >= 0.3 is 0 Å². The van der Waals surface area contributed by atoms with Crippen molar-refractivity contribution in [2.24, 2.45) is 5.92 Å². The third kappa shape index (κ3) is 6.85. The van der Waals surface area contributed by atoms with Crippen molar-refractivity contribution in [3.8, 4) is 22.5 Å². The zero-order valence-electron chi connectivity index (χ0n) is 24.1. The van der Waals surface area contributed by atoms with Crippen LogP contribution in [0.25, 0.3) is 28.2 Å². The smallest absolute Gasteiger partial charge is 0.222 e. The van der Waals surface area contributed by atoms with Gasteiger partial charge in [-0.15, -0.1) is 10.2 Å². The molecular formula is C29H30F2N6O8S. The van der Waals surface area contributed by atoms with Crippen LogP contribution >= 0.6 is 11.8 Å². The molecule has 2 aromatic carbocycles. The minimum atomic E-state index is -2.03. The number of aromatic nitrogens is 6. The van der Waals surface area contributed by atoms with E-state index >= 15 is 0 Å². The van der Waals surface area contributed by atoms with Crippen molar-refractivity contribution in [3.05, 3.63) is 78.3 Å². The van der Waals surface area contributed by atoms with Gasteiger partial charge in [0.15, 0.2) is 11.2 Å². The van der Waals surface area contributed by atoms with Gasteiger partial charge in [0.05, 0.1) is 25.1 Å². The molecule has 17 heteroatoms. The average Bonchev–Trinajstić information content (AvgIpc) is 3.73. The third-order valence-corrected chi connectivity index (χ3v) is 8.42. The van der Waals surface area contributed by atoms with Gasteiger partial charge in [-0.1, -0.05) is 41.6 Å². The Balaban J connectivity index is 1.43. The van der Waals surface area contributed by atoms with Crippen LogP contribution in [-0.4, -0.2) is 109 Å². The highest BCUT2D eigenvalue weighted by atomic mass is 32.2. The molecule has 3 heterocycles. The molecule has 244 valence electrons. The van der Waals surface area contributed by atoms with Crippen LogP contribution in [0.3, 0.4) is 0 Å². The Morgan fingerprint density at radius 1 is 1.00 bits per heavy atom. The molecule has 0 aliphatic carbocycles. The minimum Gasteiger partial charge on any atom is -0.507 e. The number of carbonyl (C=O) groups excluding carboxylic acids is 1. The van der Waals surface area contributed by atoms with Crippen molar-refractivity contribution in [1.29, 1.82) is 0 Å². The van der Waals surface area contributed by atoms with E-state index in [-0.39, 0.29) is 28.8 Å². The molecule has 5 rings (SSSR count). The van der Waals surface area contributed by atoms with Crippen LogP contribution in [0.2, 0.25) is 0 Å². The van der Waals surface area contributed by atoms with Crippen LogP contribution in [0.4, 0.5) is 8.78 Å². The summed E-state index contributed by atoms with van der Waals surface area (Å²) >= 11 is 0.289. The fraction of sp³-hybridized carbons (Fsp3) is 0.345. The first-order chi connectivity index (χ1) is 22.0. The van der Waals surface area contributed by atoms with E-state index in [1.807, 2.05) is 0 Å². The molecule has 0 saturated heterocycles. The van der Waals surface area contributed by atoms with E-state index in [2.05, 4.69) is 20.6 Å². The molecule has 0 amide bonds. The summed E-state index contributed by atoms with van der Waals surface area (Å²) in [4.78, 5) is 13.5. The fourth-order valence-electron chi connectivity index (χ4n) is 4.84. The molecule has 1 aliphatic heterocycles. The minimum absolute atomic E-state index is 0.173. The number of ether oxygens (including phenoxy) is 1. The summed E-state index contributed by atoms with van der Waals surface area (Å²) in [6.45, 7) is 0.219. The number of rotatable bonds is 11. The topological polar surface area (TPSA) is 209 Å². The van der Waals surface area contributed by atoms with Gasteiger partial charge < -0.3 is 35.4 Å². The summed E-state index contributed by atoms with van der Waals surface area (Å²) in [5.74, 6) is -2.60. The van der Waals surface area contributed by atoms with Crippen LogP contribution < -0.4 is 0 Å². The summed E-state index contributed by atoms with van der Waals surface area (Å²) in [5, 5.41) is 78.5. The molecule has 1 aliphatic rings. The van der Waals surface area contributed by atoms with E-state index in [0.717, 1.165) is 9.36 Å². The van der Waals surface area contributed by atoms with Crippen LogP contribution in [0.15, 0.2) is 66.7 Å². The number of carbonyl (C=O) groups is 1. The van der Waals surface area contributed by atoms with Crippen LogP contribution in [-0.2, 0) is 9.53 Å². The molecule has 14 nitrogen and oxygen atoms in total. The lowest BCUT2D eigenvalue weighted by molar-refractivity contribution is -0.125. The Kier molecular flexibility index (Phi) is 10.2.